The van der Waals surface area contributed by atoms with E-state index in [0.29, 0.717) is 22.1 Å². The van der Waals surface area contributed by atoms with Crippen molar-refractivity contribution >= 4 is 23.5 Å². The van der Waals surface area contributed by atoms with Gasteiger partial charge in [-0.05, 0) is 55.0 Å². The van der Waals surface area contributed by atoms with Crippen LogP contribution in [0.25, 0.3) is 6.08 Å². The molecular weight excluding hydrogens is 350 g/mol. The van der Waals surface area contributed by atoms with Crippen molar-refractivity contribution in [2.75, 3.05) is 6.61 Å². The Morgan fingerprint density at radius 2 is 1.81 bits per heavy atom. The Hall–Kier alpha value is -3.03. The van der Waals surface area contributed by atoms with E-state index in [0.717, 1.165) is 5.56 Å². The maximum Gasteiger partial charge on any atom is 0.185 e. The lowest BCUT2D eigenvalue weighted by Crippen LogP contribution is -2.07. The number of nitriles is 1. The van der Waals surface area contributed by atoms with Gasteiger partial charge in [-0.3, -0.25) is 4.79 Å². The second-order valence-electron chi connectivity index (χ2n) is 5.49. The maximum atomic E-state index is 12.2. The van der Waals surface area contributed by atoms with Gasteiger partial charge < -0.3 is 9.47 Å². The first-order valence-corrected chi connectivity index (χ1v) is 8.30. The van der Waals surface area contributed by atoms with Crippen molar-refractivity contribution in [2.45, 2.75) is 13.0 Å². The average molecular weight is 368 g/mol. The SMILES string of the molecule is C=C(Cl)COc1ccc(C(=O)/C=C/c2ccc(OC(C)C#N)cc2)cc1. The fraction of sp³-hybridized carbons (Fsp3) is 0.143. The number of benzene rings is 2. The molecule has 0 amide bonds. The summed E-state index contributed by atoms with van der Waals surface area (Å²) < 4.78 is 10.8. The number of nitrogens with zero attached hydrogens (tertiary/aromatic N) is 1. The fourth-order valence-corrected chi connectivity index (χ4v) is 2.09. The third-order valence-corrected chi connectivity index (χ3v) is 3.45. The van der Waals surface area contributed by atoms with Crippen LogP contribution >= 0.6 is 11.6 Å². The second-order valence-corrected chi connectivity index (χ2v) is 6.02. The molecule has 5 heteroatoms. The minimum atomic E-state index is -0.507. The summed E-state index contributed by atoms with van der Waals surface area (Å²) in [5.74, 6) is 1.11. The third kappa shape index (κ3) is 6.12. The van der Waals surface area contributed by atoms with Crippen molar-refractivity contribution < 1.29 is 14.3 Å². The second kappa shape index (κ2) is 9.45. The Kier molecular flexibility index (Phi) is 7.02. The summed E-state index contributed by atoms with van der Waals surface area (Å²) in [7, 11) is 0. The van der Waals surface area contributed by atoms with Crippen LogP contribution in [0.3, 0.4) is 0 Å². The molecule has 2 rings (SSSR count). The Bertz CT molecular complexity index is 833. The highest BCUT2D eigenvalue weighted by Crippen LogP contribution is 2.17. The summed E-state index contributed by atoms with van der Waals surface area (Å²) in [4.78, 5) is 12.2. The van der Waals surface area contributed by atoms with Crippen molar-refractivity contribution in [3.63, 3.8) is 0 Å². The van der Waals surface area contributed by atoms with E-state index in [4.69, 9.17) is 26.3 Å². The van der Waals surface area contributed by atoms with Gasteiger partial charge in [0.15, 0.2) is 11.9 Å². The molecule has 1 atom stereocenters. The molecule has 0 aliphatic heterocycles. The van der Waals surface area contributed by atoms with Crippen LogP contribution in [0.1, 0.15) is 22.8 Å². The molecule has 132 valence electrons. The van der Waals surface area contributed by atoms with Gasteiger partial charge in [-0.1, -0.05) is 36.4 Å². The van der Waals surface area contributed by atoms with Gasteiger partial charge in [-0.25, -0.2) is 0 Å². The van der Waals surface area contributed by atoms with E-state index in [-0.39, 0.29) is 12.4 Å². The Morgan fingerprint density at radius 1 is 1.19 bits per heavy atom. The van der Waals surface area contributed by atoms with E-state index in [1.54, 1.807) is 49.4 Å². The van der Waals surface area contributed by atoms with E-state index in [1.165, 1.54) is 6.08 Å². The number of halogens is 1. The number of rotatable bonds is 8. The smallest absolute Gasteiger partial charge is 0.185 e. The highest BCUT2D eigenvalue weighted by Gasteiger charge is 2.04. The molecule has 0 saturated heterocycles. The molecule has 26 heavy (non-hydrogen) atoms. The third-order valence-electron chi connectivity index (χ3n) is 3.34. The molecule has 0 heterocycles. The molecule has 0 aliphatic carbocycles. The van der Waals surface area contributed by atoms with Crippen molar-refractivity contribution in [2.24, 2.45) is 0 Å². The molecule has 0 fully saturated rings. The lowest BCUT2D eigenvalue weighted by Gasteiger charge is -2.07. The van der Waals surface area contributed by atoms with Gasteiger partial charge in [-0.15, -0.1) is 0 Å². The monoisotopic (exact) mass is 367 g/mol. The Morgan fingerprint density at radius 3 is 2.38 bits per heavy atom. The molecule has 0 spiro atoms. The molecule has 2 aromatic rings. The van der Waals surface area contributed by atoms with Gasteiger partial charge in [0.25, 0.3) is 0 Å². The molecule has 4 nitrogen and oxygen atoms in total. The summed E-state index contributed by atoms with van der Waals surface area (Å²) in [5, 5.41) is 9.14. The lowest BCUT2D eigenvalue weighted by atomic mass is 10.1. The number of hydrogen-bond acceptors (Lipinski definition) is 4. The Balaban J connectivity index is 1.96. The quantitative estimate of drug-likeness (QED) is 0.486. The summed E-state index contributed by atoms with van der Waals surface area (Å²) in [5.41, 5.74) is 1.41. The standard InChI is InChI=1S/C21H18ClNO3/c1-15(22)14-25-19-10-6-18(7-11-19)21(24)12-5-17-3-8-20(9-4-17)26-16(2)13-23/h3-12,16H,1,14H2,2H3/b12-5+. The normalized spacial score (nSPS) is 11.6. The minimum Gasteiger partial charge on any atom is -0.488 e. The van der Waals surface area contributed by atoms with Crippen LogP contribution < -0.4 is 9.47 Å². The first-order valence-electron chi connectivity index (χ1n) is 7.93. The summed E-state index contributed by atoms with van der Waals surface area (Å²) in [6.45, 7) is 5.45. The Labute approximate surface area is 157 Å². The number of carbonyl (C=O) groups is 1. The molecule has 1 unspecified atom stereocenters. The molecule has 0 bridgehead atoms. The van der Waals surface area contributed by atoms with Crippen molar-refractivity contribution in [1.29, 1.82) is 5.26 Å². The fourth-order valence-electron chi connectivity index (χ4n) is 2.03. The first kappa shape index (κ1) is 19.3. The van der Waals surface area contributed by atoms with Crippen molar-refractivity contribution in [3.05, 3.63) is 77.3 Å². The number of carbonyl (C=O) groups excluding carboxylic acids is 1. The molecule has 0 N–H and O–H groups in total. The molecule has 0 saturated carbocycles. The van der Waals surface area contributed by atoms with E-state index in [2.05, 4.69) is 6.58 Å². The summed E-state index contributed by atoms with van der Waals surface area (Å²) >= 11 is 5.65. The largest absolute Gasteiger partial charge is 0.488 e. The average Bonchev–Trinajstić information content (AvgIpc) is 2.65. The van der Waals surface area contributed by atoms with E-state index >= 15 is 0 Å². The van der Waals surface area contributed by atoms with E-state index < -0.39 is 6.10 Å². The summed E-state index contributed by atoms with van der Waals surface area (Å²) in [6, 6.07) is 16.0. The van der Waals surface area contributed by atoms with Crippen molar-refractivity contribution in [1.82, 2.24) is 0 Å². The van der Waals surface area contributed by atoms with Crippen LogP contribution in [0.15, 0.2) is 66.2 Å². The number of ketones is 1. The van der Waals surface area contributed by atoms with Crippen LogP contribution in [-0.2, 0) is 0 Å². The van der Waals surface area contributed by atoms with Gasteiger partial charge in [0.1, 0.15) is 24.2 Å². The van der Waals surface area contributed by atoms with E-state index in [9.17, 15) is 4.79 Å². The zero-order chi connectivity index (χ0) is 18.9. The molecule has 0 aromatic heterocycles. The van der Waals surface area contributed by atoms with E-state index in [1.807, 2.05) is 18.2 Å². The molecular formula is C21H18ClNO3. The lowest BCUT2D eigenvalue weighted by molar-refractivity contribution is 0.104. The highest BCUT2D eigenvalue weighted by molar-refractivity contribution is 6.29. The van der Waals surface area contributed by atoms with Crippen LogP contribution in [0, 0.1) is 11.3 Å². The van der Waals surface area contributed by atoms with Crippen LogP contribution in [0.2, 0.25) is 0 Å². The van der Waals surface area contributed by atoms with Crippen molar-refractivity contribution in [3.8, 4) is 17.6 Å². The van der Waals surface area contributed by atoms with Crippen LogP contribution in [0.4, 0.5) is 0 Å². The van der Waals surface area contributed by atoms with Gasteiger partial charge in [-0.2, -0.15) is 5.26 Å². The van der Waals surface area contributed by atoms with Crippen LogP contribution in [-0.4, -0.2) is 18.5 Å². The topological polar surface area (TPSA) is 59.3 Å². The molecule has 2 aromatic carbocycles. The number of hydrogen-bond donors (Lipinski definition) is 0. The maximum absolute atomic E-state index is 12.2. The number of allylic oxidation sites excluding steroid dienone is 1. The van der Waals surface area contributed by atoms with Gasteiger partial charge in [0.05, 0.1) is 0 Å². The summed E-state index contributed by atoms with van der Waals surface area (Å²) in [6.07, 6.45) is 2.72. The highest BCUT2D eigenvalue weighted by atomic mass is 35.5. The number of ether oxygens (including phenoxy) is 2. The van der Waals surface area contributed by atoms with Gasteiger partial charge >= 0.3 is 0 Å². The molecule has 0 aliphatic rings. The zero-order valence-corrected chi connectivity index (χ0v) is 15.1. The van der Waals surface area contributed by atoms with Crippen LogP contribution in [0.5, 0.6) is 11.5 Å². The first-order chi connectivity index (χ1) is 12.5. The predicted octanol–water partition coefficient (Wildman–Crippen LogP) is 5.00. The predicted molar refractivity (Wildman–Crippen MR) is 102 cm³/mol. The minimum absolute atomic E-state index is 0.114. The molecule has 0 radical (unpaired) electrons. The van der Waals surface area contributed by atoms with Gasteiger partial charge in [0, 0.05) is 10.6 Å². The van der Waals surface area contributed by atoms with Gasteiger partial charge in [0.2, 0.25) is 0 Å². The zero-order valence-electron chi connectivity index (χ0n) is 14.3.